The number of aromatic nitrogens is 3. The van der Waals surface area contributed by atoms with Gasteiger partial charge >= 0.3 is 5.97 Å². The smallest absolute Gasteiger partial charge is 0.335 e. The highest BCUT2D eigenvalue weighted by atomic mass is 32.2. The lowest BCUT2D eigenvalue weighted by molar-refractivity contribution is -0.113. The standard InChI is InChI=1S/C21H21N5O4S/c1-13(22-19(28)14-7-4-3-5-8-14)18-24-25-21(26(18)2)31-12-17(27)23-16-10-6-9-15(11-16)20(29)30/h3-11,13H,12H2,1-2H3,(H,22,28)(H,23,27)(H,29,30)/t13-/m0/s1. The van der Waals surface area contributed by atoms with Crippen molar-refractivity contribution in [2.75, 3.05) is 11.1 Å². The van der Waals surface area contributed by atoms with Crippen LogP contribution in [0.25, 0.3) is 0 Å². The Balaban J connectivity index is 1.57. The summed E-state index contributed by atoms with van der Waals surface area (Å²) in [5.74, 6) is -0.962. The van der Waals surface area contributed by atoms with Crippen LogP contribution < -0.4 is 10.6 Å². The highest BCUT2D eigenvalue weighted by Crippen LogP contribution is 2.20. The number of carboxylic acids is 1. The van der Waals surface area contributed by atoms with Crippen molar-refractivity contribution in [1.29, 1.82) is 0 Å². The number of amides is 2. The van der Waals surface area contributed by atoms with E-state index >= 15 is 0 Å². The molecule has 0 aliphatic carbocycles. The summed E-state index contributed by atoms with van der Waals surface area (Å²) >= 11 is 1.19. The van der Waals surface area contributed by atoms with Crippen LogP contribution in [0.3, 0.4) is 0 Å². The largest absolute Gasteiger partial charge is 0.478 e. The Morgan fingerprint density at radius 1 is 1.06 bits per heavy atom. The van der Waals surface area contributed by atoms with Gasteiger partial charge in [-0.05, 0) is 37.3 Å². The first kappa shape index (κ1) is 22.0. The van der Waals surface area contributed by atoms with Crippen LogP contribution in [-0.2, 0) is 11.8 Å². The van der Waals surface area contributed by atoms with Crippen molar-refractivity contribution in [1.82, 2.24) is 20.1 Å². The molecule has 10 heteroatoms. The van der Waals surface area contributed by atoms with Gasteiger partial charge in [0.1, 0.15) is 0 Å². The van der Waals surface area contributed by atoms with Crippen LogP contribution in [0.5, 0.6) is 0 Å². The quantitative estimate of drug-likeness (QED) is 0.461. The zero-order valence-electron chi connectivity index (χ0n) is 16.9. The third-order valence-electron chi connectivity index (χ3n) is 4.37. The van der Waals surface area contributed by atoms with Crippen molar-refractivity contribution in [3.8, 4) is 0 Å². The summed E-state index contributed by atoms with van der Waals surface area (Å²) in [5.41, 5.74) is 1.05. The maximum atomic E-state index is 12.3. The zero-order chi connectivity index (χ0) is 22.4. The molecule has 0 radical (unpaired) electrons. The lowest BCUT2D eigenvalue weighted by Crippen LogP contribution is -2.28. The third-order valence-corrected chi connectivity index (χ3v) is 5.39. The molecule has 0 unspecified atom stereocenters. The lowest BCUT2D eigenvalue weighted by Gasteiger charge is -2.13. The molecule has 0 aliphatic rings. The summed E-state index contributed by atoms with van der Waals surface area (Å²) in [5, 5.41) is 23.3. The Hall–Kier alpha value is -3.66. The average Bonchev–Trinajstić information content (AvgIpc) is 3.13. The number of nitrogens with one attached hydrogen (secondary N) is 2. The van der Waals surface area contributed by atoms with Crippen LogP contribution >= 0.6 is 11.8 Å². The molecule has 0 aliphatic heterocycles. The third kappa shape index (κ3) is 5.70. The SMILES string of the molecule is C[C@H](NC(=O)c1ccccc1)c1nnc(SCC(=O)Nc2cccc(C(=O)O)c2)n1C. The molecule has 31 heavy (non-hydrogen) atoms. The van der Waals surface area contributed by atoms with Crippen LogP contribution in [0.15, 0.2) is 59.8 Å². The maximum absolute atomic E-state index is 12.3. The molecule has 0 spiro atoms. The first-order valence-electron chi connectivity index (χ1n) is 9.36. The van der Waals surface area contributed by atoms with Crippen LogP contribution in [0.4, 0.5) is 5.69 Å². The van der Waals surface area contributed by atoms with E-state index in [2.05, 4.69) is 20.8 Å². The predicted molar refractivity (Wildman–Crippen MR) is 116 cm³/mol. The van der Waals surface area contributed by atoms with Gasteiger partial charge in [0.2, 0.25) is 5.91 Å². The van der Waals surface area contributed by atoms with Crippen LogP contribution in [0.2, 0.25) is 0 Å². The van der Waals surface area contributed by atoms with E-state index in [-0.39, 0.29) is 29.2 Å². The molecule has 160 valence electrons. The monoisotopic (exact) mass is 439 g/mol. The number of thioether (sulfide) groups is 1. The van der Waals surface area contributed by atoms with Gasteiger partial charge in [0.15, 0.2) is 11.0 Å². The summed E-state index contributed by atoms with van der Waals surface area (Å²) in [6, 6.07) is 14.5. The molecule has 3 rings (SSSR count). The van der Waals surface area contributed by atoms with E-state index in [1.54, 1.807) is 54.9 Å². The van der Waals surface area contributed by atoms with Crippen LogP contribution in [0.1, 0.15) is 39.5 Å². The Kier molecular flexibility index (Phi) is 7.03. The Morgan fingerprint density at radius 2 is 1.77 bits per heavy atom. The van der Waals surface area contributed by atoms with Gasteiger partial charge in [0.25, 0.3) is 5.91 Å². The fraction of sp³-hybridized carbons (Fsp3) is 0.190. The van der Waals surface area contributed by atoms with Gasteiger partial charge in [-0.15, -0.1) is 10.2 Å². The number of benzene rings is 2. The van der Waals surface area contributed by atoms with Crippen LogP contribution in [0, 0.1) is 0 Å². The number of carboxylic acid groups (broad SMARTS) is 1. The molecular weight excluding hydrogens is 418 g/mol. The van der Waals surface area contributed by atoms with Crippen molar-refractivity contribution >= 4 is 35.2 Å². The molecule has 1 heterocycles. The normalized spacial score (nSPS) is 11.5. The fourth-order valence-corrected chi connectivity index (χ4v) is 3.54. The van der Waals surface area contributed by atoms with E-state index < -0.39 is 5.97 Å². The molecule has 3 N–H and O–H groups in total. The average molecular weight is 439 g/mol. The first-order valence-corrected chi connectivity index (χ1v) is 10.3. The van der Waals surface area contributed by atoms with Crippen LogP contribution in [-0.4, -0.2) is 43.4 Å². The van der Waals surface area contributed by atoms with Gasteiger partial charge < -0.3 is 20.3 Å². The number of anilines is 1. The minimum atomic E-state index is -1.06. The van der Waals surface area contributed by atoms with Gasteiger partial charge in [0, 0.05) is 18.3 Å². The summed E-state index contributed by atoms with van der Waals surface area (Å²) in [7, 11) is 1.76. The van der Waals surface area contributed by atoms with Gasteiger partial charge in [-0.25, -0.2) is 4.79 Å². The molecule has 0 saturated heterocycles. The molecule has 0 bridgehead atoms. The molecule has 3 aromatic rings. The van der Waals surface area contributed by atoms with E-state index in [1.165, 1.54) is 23.9 Å². The highest BCUT2D eigenvalue weighted by Gasteiger charge is 2.19. The summed E-state index contributed by atoms with van der Waals surface area (Å²) in [6.45, 7) is 1.81. The minimum Gasteiger partial charge on any atom is -0.478 e. The van der Waals surface area contributed by atoms with Crippen molar-refractivity contribution in [2.24, 2.45) is 7.05 Å². The van der Waals surface area contributed by atoms with Gasteiger partial charge in [-0.2, -0.15) is 0 Å². The second kappa shape index (κ2) is 9.90. The topological polar surface area (TPSA) is 126 Å². The van der Waals surface area contributed by atoms with Gasteiger partial charge in [-0.1, -0.05) is 36.0 Å². The molecule has 0 fully saturated rings. The fourth-order valence-electron chi connectivity index (χ4n) is 2.82. The Labute approximate surface area is 182 Å². The summed E-state index contributed by atoms with van der Waals surface area (Å²) in [6.07, 6.45) is 0. The maximum Gasteiger partial charge on any atom is 0.335 e. The van der Waals surface area contributed by atoms with E-state index in [1.807, 2.05) is 6.07 Å². The van der Waals surface area contributed by atoms with E-state index in [0.717, 1.165) is 0 Å². The predicted octanol–water partition coefficient (Wildman–Crippen LogP) is 2.74. The molecule has 1 atom stereocenters. The molecule has 9 nitrogen and oxygen atoms in total. The van der Waals surface area contributed by atoms with E-state index in [0.29, 0.717) is 22.2 Å². The lowest BCUT2D eigenvalue weighted by atomic mass is 10.2. The number of hydrogen-bond acceptors (Lipinski definition) is 6. The zero-order valence-corrected chi connectivity index (χ0v) is 17.7. The summed E-state index contributed by atoms with van der Waals surface area (Å²) in [4.78, 5) is 35.6. The van der Waals surface area contributed by atoms with Crippen molar-refractivity contribution in [2.45, 2.75) is 18.1 Å². The molecule has 2 aromatic carbocycles. The Bertz CT molecular complexity index is 1100. The van der Waals surface area contributed by atoms with E-state index in [9.17, 15) is 14.4 Å². The number of carbonyl (C=O) groups excluding carboxylic acids is 2. The number of hydrogen-bond donors (Lipinski definition) is 3. The Morgan fingerprint density at radius 3 is 2.48 bits per heavy atom. The number of rotatable bonds is 8. The minimum absolute atomic E-state index is 0.0635. The molecule has 2 amide bonds. The number of aromatic carboxylic acids is 1. The van der Waals surface area contributed by atoms with Gasteiger partial charge in [-0.3, -0.25) is 9.59 Å². The van der Waals surface area contributed by atoms with Gasteiger partial charge in [0.05, 0.1) is 17.4 Å². The first-order chi connectivity index (χ1) is 14.8. The number of carbonyl (C=O) groups is 3. The second-order valence-corrected chi connectivity index (χ2v) is 7.63. The molecular formula is C21H21N5O4S. The van der Waals surface area contributed by atoms with Crippen molar-refractivity contribution in [3.63, 3.8) is 0 Å². The number of nitrogens with zero attached hydrogens (tertiary/aromatic N) is 3. The summed E-state index contributed by atoms with van der Waals surface area (Å²) < 4.78 is 1.72. The molecule has 1 aromatic heterocycles. The van der Waals surface area contributed by atoms with Crippen molar-refractivity contribution < 1.29 is 19.5 Å². The van der Waals surface area contributed by atoms with Crippen molar-refractivity contribution in [3.05, 3.63) is 71.5 Å². The molecule has 0 saturated carbocycles. The van der Waals surface area contributed by atoms with E-state index in [4.69, 9.17) is 5.11 Å². The highest BCUT2D eigenvalue weighted by molar-refractivity contribution is 7.99. The second-order valence-electron chi connectivity index (χ2n) is 6.68.